The highest BCUT2D eigenvalue weighted by atomic mass is 16.2. The standard InChI is InChI=1S/C15H31O/c1-4-6-8-11-15(3,13-10-14-16)12-9-7-5-2/h16H,3-14H2,1-2H3. The number of aliphatic hydroxyl groups is 1. The van der Waals surface area contributed by atoms with E-state index < -0.39 is 0 Å². The average molecular weight is 227 g/mol. The first-order valence-electron chi connectivity index (χ1n) is 7.14. The smallest absolute Gasteiger partial charge is 0.0431 e. The molecule has 1 heteroatoms. The fourth-order valence-electron chi connectivity index (χ4n) is 2.33. The highest BCUT2D eigenvalue weighted by molar-refractivity contribution is 4.81. The molecule has 0 aromatic rings. The SMILES string of the molecule is [CH2]C(CCCO)(CCCCC)CCCCC. The van der Waals surface area contributed by atoms with Gasteiger partial charge in [0.2, 0.25) is 0 Å². The Morgan fingerprint density at radius 2 is 1.25 bits per heavy atom. The number of rotatable bonds is 11. The first kappa shape index (κ1) is 16.0. The molecule has 0 fully saturated rings. The summed E-state index contributed by atoms with van der Waals surface area (Å²) in [5.74, 6) is 0. The fraction of sp³-hybridized carbons (Fsp3) is 0.933. The molecule has 1 radical (unpaired) electrons. The zero-order valence-electron chi connectivity index (χ0n) is 11.4. The molecule has 0 saturated carbocycles. The lowest BCUT2D eigenvalue weighted by atomic mass is 9.76. The summed E-state index contributed by atoms with van der Waals surface area (Å²) in [6.07, 6.45) is 12.3. The van der Waals surface area contributed by atoms with Gasteiger partial charge in [0.05, 0.1) is 0 Å². The summed E-state index contributed by atoms with van der Waals surface area (Å²) in [6, 6.07) is 0. The van der Waals surface area contributed by atoms with E-state index in [2.05, 4.69) is 20.8 Å². The van der Waals surface area contributed by atoms with Crippen LogP contribution in [0.2, 0.25) is 0 Å². The van der Waals surface area contributed by atoms with Crippen LogP contribution in [0.4, 0.5) is 0 Å². The van der Waals surface area contributed by atoms with Crippen molar-refractivity contribution in [2.45, 2.75) is 78.1 Å². The Kier molecular flexibility index (Phi) is 10.1. The van der Waals surface area contributed by atoms with Crippen LogP contribution in [0.5, 0.6) is 0 Å². The summed E-state index contributed by atoms with van der Waals surface area (Å²) in [4.78, 5) is 0. The molecular formula is C15H31O. The molecule has 0 unspecified atom stereocenters. The summed E-state index contributed by atoms with van der Waals surface area (Å²) in [5.41, 5.74) is 0.243. The maximum Gasteiger partial charge on any atom is 0.0431 e. The molecule has 0 aliphatic rings. The molecule has 0 rings (SSSR count). The molecule has 0 atom stereocenters. The maximum absolute atomic E-state index is 8.94. The Hall–Kier alpha value is -0.0400. The zero-order valence-corrected chi connectivity index (χ0v) is 11.4. The molecule has 1 nitrogen and oxygen atoms in total. The molecule has 0 amide bonds. The molecule has 0 heterocycles. The van der Waals surface area contributed by atoms with Gasteiger partial charge in [-0.3, -0.25) is 0 Å². The molecule has 0 aliphatic carbocycles. The van der Waals surface area contributed by atoms with Gasteiger partial charge in [-0.1, -0.05) is 52.4 Å². The van der Waals surface area contributed by atoms with E-state index in [1.807, 2.05) is 0 Å². The molecule has 0 aliphatic heterocycles. The average Bonchev–Trinajstić information content (AvgIpc) is 2.27. The van der Waals surface area contributed by atoms with Crippen molar-refractivity contribution in [2.75, 3.05) is 6.61 Å². The van der Waals surface area contributed by atoms with Gasteiger partial charge in [0.15, 0.2) is 0 Å². The Bertz CT molecular complexity index is 132. The van der Waals surface area contributed by atoms with E-state index in [9.17, 15) is 0 Å². The summed E-state index contributed by atoms with van der Waals surface area (Å²) < 4.78 is 0. The quantitative estimate of drug-likeness (QED) is 0.505. The second kappa shape index (κ2) is 10.1. The van der Waals surface area contributed by atoms with Crippen LogP contribution >= 0.6 is 0 Å². The number of hydrogen-bond acceptors (Lipinski definition) is 1. The van der Waals surface area contributed by atoms with Gasteiger partial charge < -0.3 is 5.11 Å². The third-order valence-electron chi connectivity index (χ3n) is 3.49. The summed E-state index contributed by atoms with van der Waals surface area (Å²) in [6.45, 7) is 9.25. The van der Waals surface area contributed by atoms with E-state index in [1.165, 1.54) is 51.4 Å². The van der Waals surface area contributed by atoms with Crippen LogP contribution in [0.25, 0.3) is 0 Å². The van der Waals surface area contributed by atoms with E-state index >= 15 is 0 Å². The highest BCUT2D eigenvalue weighted by Gasteiger charge is 2.22. The minimum atomic E-state index is 0.243. The van der Waals surface area contributed by atoms with Gasteiger partial charge >= 0.3 is 0 Å². The van der Waals surface area contributed by atoms with Gasteiger partial charge in [0, 0.05) is 6.61 Å². The Morgan fingerprint density at radius 3 is 1.62 bits per heavy atom. The number of aliphatic hydroxyl groups excluding tert-OH is 1. The van der Waals surface area contributed by atoms with Crippen molar-refractivity contribution in [1.29, 1.82) is 0 Å². The fourth-order valence-corrected chi connectivity index (χ4v) is 2.33. The lowest BCUT2D eigenvalue weighted by molar-refractivity contribution is 0.220. The van der Waals surface area contributed by atoms with Crippen molar-refractivity contribution in [3.63, 3.8) is 0 Å². The van der Waals surface area contributed by atoms with Crippen LogP contribution in [0.1, 0.15) is 78.1 Å². The molecule has 0 aromatic heterocycles. The molecule has 16 heavy (non-hydrogen) atoms. The number of unbranched alkanes of at least 4 members (excludes halogenated alkanes) is 4. The summed E-state index contributed by atoms with van der Waals surface area (Å²) >= 11 is 0. The first-order chi connectivity index (χ1) is 7.68. The van der Waals surface area contributed by atoms with Gasteiger partial charge in [-0.15, -0.1) is 0 Å². The molecule has 0 bridgehead atoms. The van der Waals surface area contributed by atoms with E-state index in [0.717, 1.165) is 12.8 Å². The Labute approximate surface area is 103 Å². The van der Waals surface area contributed by atoms with Crippen molar-refractivity contribution < 1.29 is 5.11 Å². The minimum absolute atomic E-state index is 0.243. The monoisotopic (exact) mass is 227 g/mol. The van der Waals surface area contributed by atoms with Crippen molar-refractivity contribution in [1.82, 2.24) is 0 Å². The van der Waals surface area contributed by atoms with Gasteiger partial charge in [-0.2, -0.15) is 0 Å². The van der Waals surface area contributed by atoms with Crippen LogP contribution in [0.3, 0.4) is 0 Å². The predicted octanol–water partition coefficient (Wildman–Crippen LogP) is 4.74. The van der Waals surface area contributed by atoms with Crippen molar-refractivity contribution in [3.8, 4) is 0 Å². The zero-order chi connectivity index (χ0) is 12.3. The molecular weight excluding hydrogens is 196 g/mol. The van der Waals surface area contributed by atoms with Gasteiger partial charge in [-0.05, 0) is 38.0 Å². The predicted molar refractivity (Wildman–Crippen MR) is 72.4 cm³/mol. The van der Waals surface area contributed by atoms with E-state index in [-0.39, 0.29) is 5.41 Å². The first-order valence-corrected chi connectivity index (χ1v) is 7.14. The highest BCUT2D eigenvalue weighted by Crippen LogP contribution is 2.35. The molecule has 0 aromatic carbocycles. The largest absolute Gasteiger partial charge is 0.396 e. The third-order valence-corrected chi connectivity index (χ3v) is 3.49. The van der Waals surface area contributed by atoms with E-state index in [1.54, 1.807) is 0 Å². The van der Waals surface area contributed by atoms with Crippen LogP contribution in [-0.4, -0.2) is 11.7 Å². The molecule has 0 spiro atoms. The topological polar surface area (TPSA) is 20.2 Å². The minimum Gasteiger partial charge on any atom is -0.396 e. The Balaban J connectivity index is 3.91. The normalized spacial score (nSPS) is 12.0. The lowest BCUT2D eigenvalue weighted by Crippen LogP contribution is -2.17. The number of hydrogen-bond donors (Lipinski definition) is 1. The third kappa shape index (κ3) is 8.15. The van der Waals surface area contributed by atoms with E-state index in [4.69, 9.17) is 5.11 Å². The van der Waals surface area contributed by atoms with Gasteiger partial charge in [0.25, 0.3) is 0 Å². The second-order valence-electron chi connectivity index (χ2n) is 5.24. The van der Waals surface area contributed by atoms with Crippen LogP contribution in [0, 0.1) is 12.3 Å². The lowest BCUT2D eigenvalue weighted by Gasteiger charge is -2.29. The summed E-state index contributed by atoms with van der Waals surface area (Å²) in [5, 5.41) is 8.94. The van der Waals surface area contributed by atoms with Crippen molar-refractivity contribution >= 4 is 0 Å². The maximum atomic E-state index is 8.94. The summed E-state index contributed by atoms with van der Waals surface area (Å²) in [7, 11) is 0. The van der Waals surface area contributed by atoms with Crippen molar-refractivity contribution in [3.05, 3.63) is 6.92 Å². The molecule has 97 valence electrons. The molecule has 1 N–H and O–H groups in total. The van der Waals surface area contributed by atoms with Crippen LogP contribution in [-0.2, 0) is 0 Å². The van der Waals surface area contributed by atoms with Gasteiger partial charge in [-0.25, -0.2) is 0 Å². The van der Waals surface area contributed by atoms with Crippen LogP contribution < -0.4 is 0 Å². The van der Waals surface area contributed by atoms with Crippen LogP contribution in [0.15, 0.2) is 0 Å². The Morgan fingerprint density at radius 1 is 0.812 bits per heavy atom. The van der Waals surface area contributed by atoms with Gasteiger partial charge in [0.1, 0.15) is 0 Å². The van der Waals surface area contributed by atoms with Crippen molar-refractivity contribution in [2.24, 2.45) is 5.41 Å². The second-order valence-corrected chi connectivity index (χ2v) is 5.24. The van der Waals surface area contributed by atoms with E-state index in [0.29, 0.717) is 6.61 Å². The molecule has 0 saturated heterocycles.